The van der Waals surface area contributed by atoms with Crippen LogP contribution in [-0.2, 0) is 20.1 Å². The predicted molar refractivity (Wildman–Crippen MR) is 95.8 cm³/mol. The Morgan fingerprint density at radius 1 is 1.21 bits per heavy atom. The molecule has 24 heavy (non-hydrogen) atoms. The van der Waals surface area contributed by atoms with Crippen LogP contribution in [0.25, 0.3) is 10.9 Å². The van der Waals surface area contributed by atoms with Gasteiger partial charge in [0, 0.05) is 38.9 Å². The molecular formula is C17H23N7. The number of nitrogens with zero attached hydrogens (tertiary/aromatic N) is 5. The smallest absolute Gasteiger partial charge is 0.191 e. The van der Waals surface area contributed by atoms with E-state index in [0.29, 0.717) is 6.54 Å². The van der Waals surface area contributed by atoms with Crippen molar-refractivity contribution in [2.45, 2.75) is 19.5 Å². The molecule has 1 aromatic carbocycles. The molecule has 0 bridgehead atoms. The Balaban J connectivity index is 1.44. The summed E-state index contributed by atoms with van der Waals surface area (Å²) in [4.78, 5) is 4.23. The second-order valence-corrected chi connectivity index (χ2v) is 5.63. The van der Waals surface area contributed by atoms with Gasteiger partial charge in [0.2, 0.25) is 0 Å². The number of fused-ring (bicyclic) bond motifs is 1. The third-order valence-electron chi connectivity index (χ3n) is 3.99. The average molecular weight is 325 g/mol. The van der Waals surface area contributed by atoms with E-state index in [1.165, 1.54) is 10.9 Å². The molecule has 0 unspecified atom stereocenters. The predicted octanol–water partition coefficient (Wildman–Crippen LogP) is 1.53. The highest BCUT2D eigenvalue weighted by molar-refractivity contribution is 5.80. The molecule has 0 aliphatic carbocycles. The number of para-hydroxylation sites is 1. The highest BCUT2D eigenvalue weighted by atomic mass is 15.3. The summed E-state index contributed by atoms with van der Waals surface area (Å²) in [6.07, 6.45) is 4.85. The van der Waals surface area contributed by atoms with Gasteiger partial charge in [-0.25, -0.2) is 0 Å². The van der Waals surface area contributed by atoms with Crippen molar-refractivity contribution in [1.82, 2.24) is 30.0 Å². The van der Waals surface area contributed by atoms with Crippen molar-refractivity contribution in [3.05, 3.63) is 48.7 Å². The molecule has 126 valence electrons. The Bertz CT molecular complexity index is 815. The molecule has 0 amide bonds. The van der Waals surface area contributed by atoms with Gasteiger partial charge >= 0.3 is 0 Å². The van der Waals surface area contributed by atoms with Crippen molar-refractivity contribution in [2.75, 3.05) is 13.6 Å². The summed E-state index contributed by atoms with van der Waals surface area (Å²) in [5, 5.41) is 15.8. The number of hydrogen-bond acceptors (Lipinski definition) is 3. The molecule has 2 N–H and O–H groups in total. The van der Waals surface area contributed by atoms with Crippen LogP contribution in [0.5, 0.6) is 0 Å². The van der Waals surface area contributed by atoms with Crippen LogP contribution in [-0.4, -0.2) is 38.9 Å². The second kappa shape index (κ2) is 7.63. The number of aryl methyl sites for hydroxylation is 2. The van der Waals surface area contributed by atoms with Crippen LogP contribution in [0, 0.1) is 0 Å². The van der Waals surface area contributed by atoms with Crippen LogP contribution < -0.4 is 10.6 Å². The number of hydrogen-bond donors (Lipinski definition) is 2. The quantitative estimate of drug-likeness (QED) is 0.409. The highest BCUT2D eigenvalue weighted by Gasteiger charge is 2.03. The SMILES string of the molecule is CN=C(NCCCn1ccc2ccccc21)NCc1nncn1C. The second-order valence-electron chi connectivity index (χ2n) is 5.63. The number of rotatable bonds is 6. The normalized spacial score (nSPS) is 11.8. The van der Waals surface area contributed by atoms with E-state index in [1.807, 2.05) is 11.6 Å². The zero-order chi connectivity index (χ0) is 16.8. The van der Waals surface area contributed by atoms with Crippen LogP contribution in [0.15, 0.2) is 47.8 Å². The van der Waals surface area contributed by atoms with Crippen molar-refractivity contribution in [1.29, 1.82) is 0 Å². The van der Waals surface area contributed by atoms with Crippen LogP contribution >= 0.6 is 0 Å². The summed E-state index contributed by atoms with van der Waals surface area (Å²) in [7, 11) is 3.69. The largest absolute Gasteiger partial charge is 0.356 e. The molecule has 0 fully saturated rings. The third-order valence-corrected chi connectivity index (χ3v) is 3.99. The molecule has 0 atom stereocenters. The lowest BCUT2D eigenvalue weighted by atomic mass is 10.2. The number of aromatic nitrogens is 4. The van der Waals surface area contributed by atoms with Gasteiger partial charge in [-0.05, 0) is 23.9 Å². The fourth-order valence-electron chi connectivity index (χ4n) is 2.64. The van der Waals surface area contributed by atoms with Crippen LogP contribution in [0.2, 0.25) is 0 Å². The van der Waals surface area contributed by atoms with Gasteiger partial charge in [0.15, 0.2) is 11.8 Å². The molecule has 0 saturated carbocycles. The maximum Gasteiger partial charge on any atom is 0.191 e. The summed E-state index contributed by atoms with van der Waals surface area (Å²) in [6, 6.07) is 10.6. The number of nitrogens with one attached hydrogen (secondary N) is 2. The minimum Gasteiger partial charge on any atom is -0.356 e. The van der Waals surface area contributed by atoms with E-state index in [0.717, 1.165) is 31.3 Å². The number of benzene rings is 1. The van der Waals surface area contributed by atoms with Crippen molar-refractivity contribution in [3.8, 4) is 0 Å². The Morgan fingerprint density at radius 2 is 2.08 bits per heavy atom. The Hall–Kier alpha value is -2.83. The minimum absolute atomic E-state index is 0.596. The minimum atomic E-state index is 0.596. The zero-order valence-electron chi connectivity index (χ0n) is 14.1. The van der Waals surface area contributed by atoms with Crippen LogP contribution in [0.1, 0.15) is 12.2 Å². The van der Waals surface area contributed by atoms with E-state index >= 15 is 0 Å². The van der Waals surface area contributed by atoms with Gasteiger partial charge in [0.25, 0.3) is 0 Å². The first-order valence-corrected chi connectivity index (χ1v) is 8.09. The average Bonchev–Trinajstić information content (AvgIpc) is 3.21. The van der Waals surface area contributed by atoms with Crippen molar-refractivity contribution < 1.29 is 0 Å². The molecule has 0 aliphatic heterocycles. The van der Waals surface area contributed by atoms with Crippen molar-refractivity contribution >= 4 is 16.9 Å². The molecule has 2 aromatic heterocycles. The lowest BCUT2D eigenvalue weighted by Gasteiger charge is -2.12. The summed E-state index contributed by atoms with van der Waals surface area (Å²) < 4.78 is 4.17. The standard InChI is InChI=1S/C17H23N7/c1-18-17(20-12-16-22-21-13-23(16)2)19-9-5-10-24-11-8-14-6-3-4-7-15(14)24/h3-4,6-8,11,13H,5,9-10,12H2,1-2H3,(H2,18,19,20). The van der Waals surface area contributed by atoms with E-state index in [2.05, 4.69) is 66.9 Å². The summed E-state index contributed by atoms with van der Waals surface area (Å²) in [5.74, 6) is 1.65. The maximum absolute atomic E-state index is 4.23. The molecule has 0 saturated heterocycles. The zero-order valence-corrected chi connectivity index (χ0v) is 14.1. The van der Waals surface area contributed by atoms with Gasteiger partial charge in [0.05, 0.1) is 6.54 Å². The highest BCUT2D eigenvalue weighted by Crippen LogP contribution is 2.15. The fraction of sp³-hybridized carbons (Fsp3) is 0.353. The first-order valence-electron chi connectivity index (χ1n) is 8.09. The van der Waals surface area contributed by atoms with Gasteiger partial charge < -0.3 is 19.8 Å². The Morgan fingerprint density at radius 3 is 2.88 bits per heavy atom. The van der Waals surface area contributed by atoms with E-state index in [-0.39, 0.29) is 0 Å². The Kier molecular flexibility index (Phi) is 5.10. The molecule has 2 heterocycles. The van der Waals surface area contributed by atoms with Gasteiger partial charge in [-0.3, -0.25) is 4.99 Å². The summed E-state index contributed by atoms with van der Waals surface area (Å²) >= 11 is 0. The van der Waals surface area contributed by atoms with Crippen LogP contribution in [0.3, 0.4) is 0 Å². The van der Waals surface area contributed by atoms with E-state index in [1.54, 1.807) is 13.4 Å². The lowest BCUT2D eigenvalue weighted by Crippen LogP contribution is -2.38. The molecule has 0 spiro atoms. The van der Waals surface area contributed by atoms with E-state index < -0.39 is 0 Å². The molecule has 3 aromatic rings. The molecule has 0 radical (unpaired) electrons. The van der Waals surface area contributed by atoms with Gasteiger partial charge in [-0.15, -0.1) is 10.2 Å². The molecule has 0 aliphatic rings. The summed E-state index contributed by atoms with van der Waals surface area (Å²) in [6.45, 7) is 2.42. The molecule has 7 heteroatoms. The molecule has 7 nitrogen and oxygen atoms in total. The number of guanidine groups is 1. The summed E-state index contributed by atoms with van der Waals surface area (Å²) in [5.41, 5.74) is 1.28. The van der Waals surface area contributed by atoms with Gasteiger partial charge in [0.1, 0.15) is 6.33 Å². The monoisotopic (exact) mass is 325 g/mol. The first-order chi connectivity index (χ1) is 11.8. The number of aliphatic imine (C=N–C) groups is 1. The molecular weight excluding hydrogens is 302 g/mol. The molecule has 3 rings (SSSR count). The van der Waals surface area contributed by atoms with Crippen molar-refractivity contribution in [3.63, 3.8) is 0 Å². The topological polar surface area (TPSA) is 72.1 Å². The van der Waals surface area contributed by atoms with Crippen molar-refractivity contribution in [2.24, 2.45) is 12.0 Å². The Labute approximate surface area is 141 Å². The first kappa shape index (κ1) is 16.0. The maximum atomic E-state index is 4.23. The third kappa shape index (κ3) is 3.73. The fourth-order valence-corrected chi connectivity index (χ4v) is 2.64. The lowest BCUT2D eigenvalue weighted by molar-refractivity contribution is 0.637. The van der Waals surface area contributed by atoms with E-state index in [4.69, 9.17) is 0 Å². The van der Waals surface area contributed by atoms with Crippen LogP contribution in [0.4, 0.5) is 0 Å². The van der Waals surface area contributed by atoms with Gasteiger partial charge in [-0.2, -0.15) is 0 Å². The van der Waals surface area contributed by atoms with E-state index in [9.17, 15) is 0 Å². The van der Waals surface area contributed by atoms with Gasteiger partial charge in [-0.1, -0.05) is 18.2 Å².